The lowest BCUT2D eigenvalue weighted by Crippen LogP contribution is -2.44. The van der Waals surface area contributed by atoms with Crippen LogP contribution in [0.4, 0.5) is 4.79 Å². The van der Waals surface area contributed by atoms with Gasteiger partial charge in [0.15, 0.2) is 0 Å². The molecule has 0 saturated carbocycles. The fourth-order valence-corrected chi connectivity index (χ4v) is 2.27. The topological polar surface area (TPSA) is 84.2 Å². The largest absolute Gasteiger partial charge is 0.351 e. The number of thioether (sulfide) groups is 1. The van der Waals surface area contributed by atoms with Crippen LogP contribution < -0.4 is 16.4 Å². The Morgan fingerprint density at radius 1 is 1.31 bits per heavy atom. The molecule has 0 aromatic heterocycles. The van der Waals surface area contributed by atoms with E-state index in [0.717, 1.165) is 19.4 Å². The number of urea groups is 1. The lowest BCUT2D eigenvalue weighted by molar-refractivity contribution is -0.119. The second-order valence-electron chi connectivity index (χ2n) is 3.61. The van der Waals surface area contributed by atoms with E-state index in [1.54, 1.807) is 11.8 Å². The monoisotopic (exact) mass is 247 g/mol. The minimum Gasteiger partial charge on any atom is -0.351 e. The van der Waals surface area contributed by atoms with E-state index in [0.29, 0.717) is 0 Å². The van der Waals surface area contributed by atoms with Gasteiger partial charge in [0, 0.05) is 11.3 Å². The van der Waals surface area contributed by atoms with Gasteiger partial charge in [-0.15, -0.1) is 0 Å². The van der Waals surface area contributed by atoms with Crippen molar-refractivity contribution in [3.8, 4) is 0 Å². The molecule has 6 heteroatoms. The predicted molar refractivity (Wildman–Crippen MR) is 67.4 cm³/mol. The molecule has 0 bridgehead atoms. The highest BCUT2D eigenvalue weighted by Gasteiger charge is 2.24. The van der Waals surface area contributed by atoms with Crippen molar-refractivity contribution in [2.45, 2.75) is 31.4 Å². The molecule has 3 amide bonds. The molecule has 0 heterocycles. The van der Waals surface area contributed by atoms with E-state index in [1.165, 1.54) is 0 Å². The molecule has 0 aliphatic carbocycles. The molecule has 0 aliphatic heterocycles. The number of rotatable bonds is 7. The number of primary amides is 1. The molecule has 0 fully saturated rings. The maximum atomic E-state index is 11.1. The Morgan fingerprint density at radius 3 is 2.25 bits per heavy atom. The summed E-state index contributed by atoms with van der Waals surface area (Å²) in [6.45, 7) is 5.12. The summed E-state index contributed by atoms with van der Waals surface area (Å²) in [6.07, 6.45) is 4.14. The normalized spacial score (nSPS) is 11.2. The number of imide groups is 1. The number of amides is 3. The van der Waals surface area contributed by atoms with Gasteiger partial charge in [-0.1, -0.05) is 13.8 Å². The smallest absolute Gasteiger partial charge is 0.318 e. The zero-order valence-corrected chi connectivity index (χ0v) is 10.9. The minimum atomic E-state index is -0.811. The maximum Gasteiger partial charge on any atom is 0.318 e. The summed E-state index contributed by atoms with van der Waals surface area (Å²) in [7, 11) is 0. The summed E-state index contributed by atoms with van der Waals surface area (Å²) >= 11 is 1.80. The Balaban J connectivity index is 3.95. The Bertz CT molecular complexity index is 234. The van der Waals surface area contributed by atoms with Gasteiger partial charge in [0.05, 0.1) is 6.54 Å². The van der Waals surface area contributed by atoms with Crippen molar-refractivity contribution < 1.29 is 9.59 Å². The van der Waals surface area contributed by atoms with Gasteiger partial charge in [-0.05, 0) is 19.1 Å². The SMILES string of the molecule is CCC(CC)(CNCC(=O)NC(N)=O)SC. The van der Waals surface area contributed by atoms with Crippen molar-refractivity contribution in [3.05, 3.63) is 0 Å². The van der Waals surface area contributed by atoms with Crippen LogP contribution in [0, 0.1) is 0 Å². The van der Waals surface area contributed by atoms with Crippen LogP contribution in [0.1, 0.15) is 26.7 Å². The molecule has 0 aliphatic rings. The molecular formula is C10H21N3O2S. The van der Waals surface area contributed by atoms with Crippen molar-refractivity contribution in [1.29, 1.82) is 0 Å². The van der Waals surface area contributed by atoms with Crippen molar-refractivity contribution in [2.75, 3.05) is 19.3 Å². The highest BCUT2D eigenvalue weighted by Crippen LogP contribution is 2.29. The predicted octanol–water partition coefficient (Wildman–Crippen LogP) is 0.693. The Kier molecular flexibility index (Phi) is 7.16. The number of carbonyl (C=O) groups excluding carboxylic acids is 2. The molecular weight excluding hydrogens is 226 g/mol. The minimum absolute atomic E-state index is 0.116. The van der Waals surface area contributed by atoms with E-state index in [9.17, 15) is 9.59 Å². The zero-order chi connectivity index (χ0) is 12.6. The van der Waals surface area contributed by atoms with Crippen molar-refractivity contribution in [2.24, 2.45) is 5.73 Å². The molecule has 0 aromatic rings. The van der Waals surface area contributed by atoms with Crippen LogP contribution in [0.3, 0.4) is 0 Å². The fourth-order valence-electron chi connectivity index (χ4n) is 1.45. The van der Waals surface area contributed by atoms with Gasteiger partial charge in [-0.25, -0.2) is 4.79 Å². The highest BCUT2D eigenvalue weighted by molar-refractivity contribution is 8.00. The van der Waals surface area contributed by atoms with Gasteiger partial charge < -0.3 is 11.1 Å². The van der Waals surface area contributed by atoms with Crippen LogP contribution in [0.25, 0.3) is 0 Å². The first-order chi connectivity index (χ1) is 7.49. The van der Waals surface area contributed by atoms with Crippen molar-refractivity contribution >= 4 is 23.7 Å². The summed E-state index contributed by atoms with van der Waals surface area (Å²) in [5, 5.41) is 5.06. The average Bonchev–Trinajstić information content (AvgIpc) is 2.24. The van der Waals surface area contributed by atoms with Crippen LogP contribution in [0.5, 0.6) is 0 Å². The third-order valence-corrected chi connectivity index (χ3v) is 4.30. The van der Waals surface area contributed by atoms with Gasteiger partial charge >= 0.3 is 6.03 Å². The number of hydrogen-bond acceptors (Lipinski definition) is 4. The molecule has 4 N–H and O–H groups in total. The number of nitrogens with one attached hydrogen (secondary N) is 2. The van der Waals surface area contributed by atoms with E-state index in [4.69, 9.17) is 5.73 Å². The van der Waals surface area contributed by atoms with Crippen LogP contribution in [-0.4, -0.2) is 36.0 Å². The molecule has 16 heavy (non-hydrogen) atoms. The third-order valence-electron chi connectivity index (χ3n) is 2.72. The number of hydrogen-bond donors (Lipinski definition) is 3. The summed E-state index contributed by atoms with van der Waals surface area (Å²) in [6, 6.07) is -0.811. The van der Waals surface area contributed by atoms with Gasteiger partial charge in [0.1, 0.15) is 0 Å². The molecule has 0 aromatic carbocycles. The molecule has 0 saturated heterocycles. The zero-order valence-electron chi connectivity index (χ0n) is 10.1. The summed E-state index contributed by atoms with van der Waals surface area (Å²) in [4.78, 5) is 21.5. The number of nitrogens with two attached hydrogens (primary N) is 1. The van der Waals surface area contributed by atoms with Gasteiger partial charge in [-0.2, -0.15) is 11.8 Å². The average molecular weight is 247 g/mol. The molecule has 0 unspecified atom stereocenters. The van der Waals surface area contributed by atoms with Crippen LogP contribution >= 0.6 is 11.8 Å². The van der Waals surface area contributed by atoms with Crippen molar-refractivity contribution in [3.63, 3.8) is 0 Å². The lowest BCUT2D eigenvalue weighted by atomic mass is 10.0. The summed E-state index contributed by atoms with van der Waals surface area (Å²) in [5.41, 5.74) is 4.83. The first kappa shape index (κ1) is 15.2. The van der Waals surface area contributed by atoms with E-state index in [2.05, 4.69) is 25.4 Å². The van der Waals surface area contributed by atoms with Gasteiger partial charge in [0.25, 0.3) is 0 Å². The molecule has 0 atom stereocenters. The second-order valence-corrected chi connectivity index (χ2v) is 4.88. The Hall–Kier alpha value is -0.750. The molecule has 94 valence electrons. The van der Waals surface area contributed by atoms with E-state index in [-0.39, 0.29) is 11.3 Å². The first-order valence-corrected chi connectivity index (χ1v) is 6.57. The number of carbonyl (C=O) groups is 2. The van der Waals surface area contributed by atoms with Gasteiger partial charge in [-0.3, -0.25) is 10.1 Å². The molecule has 0 spiro atoms. The van der Waals surface area contributed by atoms with E-state index < -0.39 is 11.9 Å². The summed E-state index contributed by atoms with van der Waals surface area (Å²) < 4.78 is 0.160. The standard InChI is InChI=1S/C10H21N3O2S/c1-4-10(5-2,16-3)7-12-6-8(14)13-9(11)15/h12H,4-7H2,1-3H3,(H3,11,13,14,15). The summed E-state index contributed by atoms with van der Waals surface area (Å²) in [5.74, 6) is -0.394. The second kappa shape index (κ2) is 7.51. The van der Waals surface area contributed by atoms with Crippen LogP contribution in [0.2, 0.25) is 0 Å². The Morgan fingerprint density at radius 2 is 1.88 bits per heavy atom. The quantitative estimate of drug-likeness (QED) is 0.618. The van der Waals surface area contributed by atoms with Gasteiger partial charge in [0.2, 0.25) is 5.91 Å². The molecule has 0 rings (SSSR count). The molecule has 0 radical (unpaired) electrons. The first-order valence-electron chi connectivity index (χ1n) is 5.34. The van der Waals surface area contributed by atoms with E-state index >= 15 is 0 Å². The fraction of sp³-hybridized carbons (Fsp3) is 0.800. The van der Waals surface area contributed by atoms with Crippen LogP contribution in [0.15, 0.2) is 0 Å². The Labute approximate surface area is 101 Å². The highest BCUT2D eigenvalue weighted by atomic mass is 32.2. The van der Waals surface area contributed by atoms with Crippen LogP contribution in [-0.2, 0) is 4.79 Å². The maximum absolute atomic E-state index is 11.1. The lowest BCUT2D eigenvalue weighted by Gasteiger charge is -2.29. The van der Waals surface area contributed by atoms with Crippen molar-refractivity contribution in [1.82, 2.24) is 10.6 Å². The third kappa shape index (κ3) is 5.37. The molecule has 5 nitrogen and oxygen atoms in total. The van der Waals surface area contributed by atoms with E-state index in [1.807, 2.05) is 5.32 Å².